The molecule has 2 aromatic rings. The van der Waals surface area contributed by atoms with Crippen LogP contribution in [0.1, 0.15) is 64.8 Å². The summed E-state index contributed by atoms with van der Waals surface area (Å²) in [5, 5.41) is 1.27. The van der Waals surface area contributed by atoms with E-state index < -0.39 is 15.7 Å². The molecule has 0 spiro atoms. The number of amides is 2. The van der Waals surface area contributed by atoms with Crippen LogP contribution in [-0.2, 0) is 22.2 Å². The highest BCUT2D eigenvalue weighted by Gasteiger charge is 2.37. The summed E-state index contributed by atoms with van der Waals surface area (Å²) in [5.41, 5.74) is 1.35. The number of rotatable bonds is 9. The van der Waals surface area contributed by atoms with Crippen molar-refractivity contribution in [1.29, 1.82) is 0 Å². The monoisotopic (exact) mass is 718 g/mol. The number of pyridine rings is 1. The first kappa shape index (κ1) is 37.9. The van der Waals surface area contributed by atoms with Crippen molar-refractivity contribution in [1.82, 2.24) is 23.4 Å². The minimum absolute atomic E-state index is 0.000352. The lowest BCUT2D eigenvalue weighted by molar-refractivity contribution is 0.149. The van der Waals surface area contributed by atoms with Crippen LogP contribution < -0.4 is 4.74 Å². The predicted molar refractivity (Wildman–Crippen MR) is 194 cm³/mol. The maximum Gasteiger partial charge on any atom is 0.326 e. The van der Waals surface area contributed by atoms with E-state index in [1.54, 1.807) is 28.1 Å². The minimum Gasteiger partial charge on any atom is -0.493 e. The second kappa shape index (κ2) is 15.3. The maximum atomic E-state index is 14.7. The van der Waals surface area contributed by atoms with Crippen molar-refractivity contribution in [3.05, 3.63) is 81.6 Å². The normalized spacial score (nSPS) is 18.2. The second-order valence-electron chi connectivity index (χ2n) is 13.8. The van der Waals surface area contributed by atoms with Gasteiger partial charge in [0.1, 0.15) is 11.6 Å². The summed E-state index contributed by atoms with van der Waals surface area (Å²) in [7, 11) is -0.606. The van der Waals surface area contributed by atoms with Gasteiger partial charge in [0.2, 0.25) is 0 Å². The lowest BCUT2D eigenvalue weighted by Gasteiger charge is -2.39. The molecule has 4 rings (SSSR count). The molecule has 0 radical (unpaired) electrons. The molecule has 2 amide bonds. The van der Waals surface area contributed by atoms with Crippen LogP contribution in [0, 0.1) is 5.92 Å². The molecule has 2 heterocycles. The molecule has 2 aliphatic rings. The standard InChI is InChI=1S/C35H48Cl2N6O4S/c1-9-47-30-22-31(34(2,3)4)38-23-29(30)32(39-35(5,6)26-12-16-28(37)17-13-26)43(24-25-10-14-27(36)15-11-25)33(44)41-18-20-42(21-19-41)48(45,46)40(7)8/h10-12,14-17,22-23,26H,9,13,18-21,24H2,1-8H3. The highest BCUT2D eigenvalue weighted by atomic mass is 35.5. The third-order valence-corrected chi connectivity index (χ3v) is 11.0. The Morgan fingerprint density at radius 2 is 1.71 bits per heavy atom. The van der Waals surface area contributed by atoms with Gasteiger partial charge in [-0.1, -0.05) is 68.3 Å². The third kappa shape index (κ3) is 8.98. The molecule has 1 atom stereocenters. The largest absolute Gasteiger partial charge is 0.493 e. The van der Waals surface area contributed by atoms with Gasteiger partial charge in [-0.05, 0) is 51.0 Å². The summed E-state index contributed by atoms with van der Waals surface area (Å²) in [5.74, 6) is 0.985. The number of allylic oxidation sites excluding steroid dienone is 3. The van der Waals surface area contributed by atoms with E-state index in [0.29, 0.717) is 40.2 Å². The summed E-state index contributed by atoms with van der Waals surface area (Å²) >= 11 is 12.5. The number of amidine groups is 1. The molecule has 1 aromatic carbocycles. The topological polar surface area (TPSA) is 98.6 Å². The lowest BCUT2D eigenvalue weighted by atomic mass is 9.83. The molecule has 1 aliphatic heterocycles. The fraction of sp³-hybridized carbons (Fsp3) is 0.514. The summed E-state index contributed by atoms with van der Waals surface area (Å²) in [6.07, 6.45) is 8.36. The van der Waals surface area contributed by atoms with E-state index >= 15 is 0 Å². The van der Waals surface area contributed by atoms with Crippen molar-refractivity contribution in [2.45, 2.75) is 65.5 Å². The smallest absolute Gasteiger partial charge is 0.326 e. The number of aromatic nitrogens is 1. The van der Waals surface area contributed by atoms with Crippen LogP contribution in [0.5, 0.6) is 5.75 Å². The van der Waals surface area contributed by atoms with Crippen molar-refractivity contribution in [3.8, 4) is 5.75 Å². The zero-order valence-corrected chi connectivity index (χ0v) is 31.5. The van der Waals surface area contributed by atoms with Gasteiger partial charge in [-0.2, -0.15) is 17.0 Å². The fourth-order valence-electron chi connectivity index (χ4n) is 5.55. The molecule has 0 bridgehead atoms. The molecular weight excluding hydrogens is 671 g/mol. The van der Waals surface area contributed by atoms with E-state index in [1.807, 2.05) is 51.1 Å². The fourth-order valence-corrected chi connectivity index (χ4v) is 6.92. The maximum absolute atomic E-state index is 14.7. The van der Waals surface area contributed by atoms with Gasteiger partial charge in [-0.15, -0.1) is 0 Å². The number of nitrogens with zero attached hydrogens (tertiary/aromatic N) is 6. The van der Waals surface area contributed by atoms with Gasteiger partial charge in [-0.3, -0.25) is 14.9 Å². The average Bonchev–Trinajstić information content (AvgIpc) is 3.03. The van der Waals surface area contributed by atoms with Crippen molar-refractivity contribution in [2.24, 2.45) is 10.9 Å². The number of halogens is 2. The van der Waals surface area contributed by atoms with E-state index in [9.17, 15) is 13.2 Å². The number of ether oxygens (including phenoxy) is 1. The van der Waals surface area contributed by atoms with Crippen molar-refractivity contribution in [3.63, 3.8) is 0 Å². The predicted octanol–water partition coefficient (Wildman–Crippen LogP) is 6.70. The molecule has 0 N–H and O–H groups in total. The van der Waals surface area contributed by atoms with Gasteiger partial charge in [0, 0.05) is 79.6 Å². The minimum atomic E-state index is -3.62. The van der Waals surface area contributed by atoms with Crippen LogP contribution in [0.25, 0.3) is 0 Å². The summed E-state index contributed by atoms with van der Waals surface area (Å²) < 4.78 is 34.5. The number of aliphatic imine (C=N–C) groups is 1. The molecule has 13 heteroatoms. The van der Waals surface area contributed by atoms with Crippen LogP contribution in [0.4, 0.5) is 4.79 Å². The molecule has 262 valence electrons. The van der Waals surface area contributed by atoms with E-state index in [0.717, 1.165) is 11.3 Å². The van der Waals surface area contributed by atoms with Gasteiger partial charge in [-0.25, -0.2) is 4.79 Å². The molecule has 1 saturated heterocycles. The molecule has 1 aromatic heterocycles. The number of hydrogen-bond donors (Lipinski definition) is 0. The van der Waals surface area contributed by atoms with Gasteiger partial charge in [0.05, 0.1) is 24.3 Å². The molecule has 1 fully saturated rings. The summed E-state index contributed by atoms with van der Waals surface area (Å²) in [4.78, 5) is 28.3. The third-order valence-electron chi connectivity index (χ3n) is 8.57. The van der Waals surface area contributed by atoms with Gasteiger partial charge in [0.15, 0.2) is 0 Å². The molecular formula is C35H48Cl2N6O4S. The van der Waals surface area contributed by atoms with Gasteiger partial charge < -0.3 is 9.64 Å². The van der Waals surface area contributed by atoms with Crippen molar-refractivity contribution >= 4 is 45.3 Å². The average molecular weight is 720 g/mol. The van der Waals surface area contributed by atoms with E-state index in [4.69, 9.17) is 37.9 Å². The Balaban J connectivity index is 1.87. The Hall–Kier alpha value is -2.96. The number of urea groups is 1. The highest BCUT2D eigenvalue weighted by molar-refractivity contribution is 7.86. The van der Waals surface area contributed by atoms with E-state index in [2.05, 4.69) is 26.8 Å². The molecule has 1 unspecified atom stereocenters. The number of benzene rings is 1. The Morgan fingerprint density at radius 1 is 1.06 bits per heavy atom. The lowest BCUT2D eigenvalue weighted by Crippen LogP contribution is -2.56. The van der Waals surface area contributed by atoms with Crippen LogP contribution in [0.15, 0.2) is 64.8 Å². The zero-order valence-electron chi connectivity index (χ0n) is 29.2. The van der Waals surface area contributed by atoms with Crippen molar-refractivity contribution < 1.29 is 17.9 Å². The van der Waals surface area contributed by atoms with Crippen LogP contribution in [0.2, 0.25) is 5.02 Å². The van der Waals surface area contributed by atoms with Crippen LogP contribution in [0.3, 0.4) is 0 Å². The molecule has 10 nitrogen and oxygen atoms in total. The number of hydrogen-bond acceptors (Lipinski definition) is 6. The molecule has 0 saturated carbocycles. The quantitative estimate of drug-likeness (QED) is 0.212. The van der Waals surface area contributed by atoms with E-state index in [1.165, 1.54) is 22.7 Å². The number of carbonyl (C=O) groups is 1. The van der Waals surface area contributed by atoms with Gasteiger partial charge in [0.25, 0.3) is 10.2 Å². The van der Waals surface area contributed by atoms with E-state index in [-0.39, 0.29) is 50.1 Å². The Kier molecular flexibility index (Phi) is 12.1. The first-order valence-corrected chi connectivity index (χ1v) is 18.3. The van der Waals surface area contributed by atoms with Crippen LogP contribution >= 0.6 is 23.2 Å². The summed E-state index contributed by atoms with van der Waals surface area (Å²) in [6, 6.07) is 8.98. The molecule has 1 aliphatic carbocycles. The Labute approximate surface area is 296 Å². The Bertz CT molecular complexity index is 1660. The van der Waals surface area contributed by atoms with Gasteiger partial charge >= 0.3 is 6.03 Å². The summed E-state index contributed by atoms with van der Waals surface area (Å²) in [6.45, 7) is 13.6. The number of piperazine rings is 1. The zero-order chi connectivity index (χ0) is 35.4. The second-order valence-corrected chi connectivity index (χ2v) is 16.8. The first-order valence-electron chi connectivity index (χ1n) is 16.2. The van der Waals surface area contributed by atoms with Crippen LogP contribution in [-0.4, -0.2) is 96.1 Å². The SMILES string of the molecule is CCOc1cc(C(C)(C)C)ncc1C(=NC(C)(C)C1C=CC(Cl)=CC1)N(Cc1ccc(Cl)cc1)C(=O)N1CCN(S(=O)(=O)N(C)C)CC1. The number of carbonyl (C=O) groups excluding carboxylic acids is 1. The highest BCUT2D eigenvalue weighted by Crippen LogP contribution is 2.34. The molecule has 48 heavy (non-hydrogen) atoms. The van der Waals surface area contributed by atoms with Crippen molar-refractivity contribution in [2.75, 3.05) is 46.9 Å². The Morgan fingerprint density at radius 3 is 2.25 bits per heavy atom. The first-order chi connectivity index (χ1) is 22.4.